The van der Waals surface area contributed by atoms with Crippen LogP contribution < -0.4 is 16.0 Å². The Hall–Kier alpha value is -2.42. The molecule has 0 unspecified atom stereocenters. The van der Waals surface area contributed by atoms with Crippen molar-refractivity contribution < 1.29 is 9.59 Å². The number of benzene rings is 1. The molecule has 134 valence electrons. The Labute approximate surface area is 158 Å². The Balaban J connectivity index is 1.28. The van der Waals surface area contributed by atoms with Gasteiger partial charge in [-0.05, 0) is 24.3 Å². The van der Waals surface area contributed by atoms with Crippen molar-refractivity contribution in [2.45, 2.75) is 13.1 Å². The molecule has 1 aliphatic rings. The van der Waals surface area contributed by atoms with Crippen molar-refractivity contribution in [1.29, 1.82) is 0 Å². The van der Waals surface area contributed by atoms with Crippen LogP contribution in [-0.2, 0) is 13.1 Å². The number of aromatic amines is 1. The summed E-state index contributed by atoms with van der Waals surface area (Å²) in [6.07, 6.45) is 0. The molecule has 0 saturated heterocycles. The Kier molecular flexibility index (Phi) is 4.62. The number of nitrogens with one attached hydrogen (secondary N) is 4. The van der Waals surface area contributed by atoms with Crippen LogP contribution in [0.2, 0.25) is 5.02 Å². The molecule has 0 aliphatic carbocycles. The van der Waals surface area contributed by atoms with E-state index in [1.165, 1.54) is 11.3 Å². The first kappa shape index (κ1) is 17.0. The number of aromatic nitrogens is 2. The number of nitrogens with zero attached hydrogens (tertiary/aromatic N) is 1. The number of thiazole rings is 1. The van der Waals surface area contributed by atoms with Crippen molar-refractivity contribution in [1.82, 2.24) is 25.9 Å². The predicted molar refractivity (Wildman–Crippen MR) is 101 cm³/mol. The third kappa shape index (κ3) is 3.44. The van der Waals surface area contributed by atoms with Gasteiger partial charge in [0, 0.05) is 47.0 Å². The third-order valence-corrected chi connectivity index (χ3v) is 5.41. The molecule has 7 nitrogen and oxygen atoms in total. The zero-order chi connectivity index (χ0) is 18.1. The summed E-state index contributed by atoms with van der Waals surface area (Å²) in [7, 11) is 0. The van der Waals surface area contributed by atoms with Crippen LogP contribution in [0.3, 0.4) is 0 Å². The molecule has 0 bridgehead atoms. The molecule has 2 amide bonds. The molecule has 0 radical (unpaired) electrons. The zero-order valence-electron chi connectivity index (χ0n) is 13.7. The maximum atomic E-state index is 12.2. The van der Waals surface area contributed by atoms with Gasteiger partial charge in [0.15, 0.2) is 5.01 Å². The summed E-state index contributed by atoms with van der Waals surface area (Å²) in [6, 6.07) is 7.14. The fourth-order valence-electron chi connectivity index (χ4n) is 2.80. The third-order valence-electron chi connectivity index (χ3n) is 4.07. The van der Waals surface area contributed by atoms with Gasteiger partial charge in [0.1, 0.15) is 5.69 Å². The monoisotopic (exact) mass is 389 g/mol. The number of hydrogen-bond donors (Lipinski definition) is 4. The van der Waals surface area contributed by atoms with Crippen LogP contribution in [0.15, 0.2) is 24.3 Å². The lowest BCUT2D eigenvalue weighted by Crippen LogP contribution is -2.34. The highest BCUT2D eigenvalue weighted by molar-refractivity contribution is 7.13. The van der Waals surface area contributed by atoms with Gasteiger partial charge in [-0.3, -0.25) is 9.59 Å². The van der Waals surface area contributed by atoms with Gasteiger partial charge in [-0.2, -0.15) is 0 Å². The van der Waals surface area contributed by atoms with Crippen molar-refractivity contribution in [3.05, 3.63) is 50.6 Å². The first-order chi connectivity index (χ1) is 12.6. The normalized spacial score (nSPS) is 13.0. The number of hydrogen-bond acceptors (Lipinski definition) is 5. The lowest BCUT2D eigenvalue weighted by Gasteiger charge is -2.05. The average Bonchev–Trinajstić information content (AvgIpc) is 3.31. The van der Waals surface area contributed by atoms with E-state index in [4.69, 9.17) is 11.6 Å². The number of H-pyrrole nitrogens is 1. The van der Waals surface area contributed by atoms with Crippen LogP contribution in [0.25, 0.3) is 10.9 Å². The SMILES string of the molecule is O=C(NCCNC(=O)c1nc2c(s1)CNC2)c1cc2cc(Cl)ccc2[nH]1. The molecule has 9 heteroatoms. The number of rotatable bonds is 5. The molecule has 3 heterocycles. The number of amides is 2. The highest BCUT2D eigenvalue weighted by atomic mass is 35.5. The van der Waals surface area contributed by atoms with E-state index in [0.29, 0.717) is 35.4 Å². The maximum absolute atomic E-state index is 12.2. The van der Waals surface area contributed by atoms with Crippen molar-refractivity contribution in [3.8, 4) is 0 Å². The van der Waals surface area contributed by atoms with Crippen LogP contribution in [-0.4, -0.2) is 34.9 Å². The Morgan fingerprint density at radius 3 is 2.77 bits per heavy atom. The van der Waals surface area contributed by atoms with Crippen molar-refractivity contribution in [2.75, 3.05) is 13.1 Å². The minimum Gasteiger partial charge on any atom is -0.351 e. The first-order valence-corrected chi connectivity index (χ1v) is 9.33. The molecule has 0 spiro atoms. The minimum atomic E-state index is -0.231. The number of halogens is 1. The smallest absolute Gasteiger partial charge is 0.280 e. The molecule has 0 fully saturated rings. The fraction of sp³-hybridized carbons (Fsp3) is 0.235. The van der Waals surface area contributed by atoms with E-state index in [0.717, 1.165) is 28.0 Å². The van der Waals surface area contributed by atoms with Crippen LogP contribution >= 0.6 is 22.9 Å². The average molecular weight is 390 g/mol. The second-order valence-corrected chi connectivity index (χ2v) is 7.44. The number of carbonyl (C=O) groups is 2. The van der Waals surface area contributed by atoms with Gasteiger partial charge in [-0.1, -0.05) is 11.6 Å². The van der Waals surface area contributed by atoms with E-state index >= 15 is 0 Å². The molecule has 26 heavy (non-hydrogen) atoms. The molecule has 4 N–H and O–H groups in total. The summed E-state index contributed by atoms with van der Waals surface area (Å²) in [5, 5.41) is 10.7. The summed E-state index contributed by atoms with van der Waals surface area (Å²) in [5.74, 6) is -0.440. The van der Waals surface area contributed by atoms with Gasteiger partial charge in [0.2, 0.25) is 0 Å². The van der Waals surface area contributed by atoms with Crippen molar-refractivity contribution >= 4 is 45.7 Å². The maximum Gasteiger partial charge on any atom is 0.280 e. The Morgan fingerprint density at radius 1 is 1.15 bits per heavy atom. The predicted octanol–water partition coefficient (Wildman–Crippen LogP) is 2.04. The Bertz CT molecular complexity index is 975. The quantitative estimate of drug-likeness (QED) is 0.502. The van der Waals surface area contributed by atoms with E-state index < -0.39 is 0 Å². The molecular weight excluding hydrogens is 374 g/mol. The van der Waals surface area contributed by atoms with Crippen molar-refractivity contribution in [2.24, 2.45) is 0 Å². The lowest BCUT2D eigenvalue weighted by atomic mass is 10.2. The highest BCUT2D eigenvalue weighted by Gasteiger charge is 2.19. The summed E-state index contributed by atoms with van der Waals surface area (Å²) in [5.41, 5.74) is 2.25. The van der Waals surface area contributed by atoms with E-state index in [1.807, 2.05) is 6.07 Å². The van der Waals surface area contributed by atoms with Crippen LogP contribution in [0, 0.1) is 0 Å². The highest BCUT2D eigenvalue weighted by Crippen LogP contribution is 2.22. The lowest BCUT2D eigenvalue weighted by molar-refractivity contribution is 0.0925. The molecule has 3 aromatic rings. The van der Waals surface area contributed by atoms with Crippen LogP contribution in [0.5, 0.6) is 0 Å². The molecule has 1 aromatic carbocycles. The molecule has 2 aromatic heterocycles. The van der Waals surface area contributed by atoms with Crippen molar-refractivity contribution in [3.63, 3.8) is 0 Å². The molecule has 1 aliphatic heterocycles. The molecule has 0 atom stereocenters. The Morgan fingerprint density at radius 2 is 1.96 bits per heavy atom. The summed E-state index contributed by atoms with van der Waals surface area (Å²) < 4.78 is 0. The van der Waals surface area contributed by atoms with E-state index in [2.05, 4.69) is 25.9 Å². The summed E-state index contributed by atoms with van der Waals surface area (Å²) in [6.45, 7) is 2.14. The standard InChI is InChI=1S/C17H16ClN5O2S/c18-10-1-2-11-9(5-10)6-12(22-11)15(24)20-3-4-21-16(25)17-23-13-7-19-8-14(13)26-17/h1-2,5-6,19,22H,3-4,7-8H2,(H,20,24)(H,21,25). The topological polar surface area (TPSA) is 98.9 Å². The second-order valence-electron chi connectivity index (χ2n) is 5.92. The number of fused-ring (bicyclic) bond motifs is 2. The van der Waals surface area contributed by atoms with Gasteiger partial charge < -0.3 is 20.9 Å². The van der Waals surface area contributed by atoms with Gasteiger partial charge in [-0.15, -0.1) is 11.3 Å². The van der Waals surface area contributed by atoms with E-state index in [9.17, 15) is 9.59 Å². The van der Waals surface area contributed by atoms with Crippen LogP contribution in [0.4, 0.5) is 0 Å². The van der Waals surface area contributed by atoms with Gasteiger partial charge in [-0.25, -0.2) is 4.98 Å². The van der Waals surface area contributed by atoms with E-state index in [1.54, 1.807) is 18.2 Å². The molecular formula is C17H16ClN5O2S. The summed E-state index contributed by atoms with van der Waals surface area (Å²) >= 11 is 7.36. The molecule has 0 saturated carbocycles. The van der Waals surface area contributed by atoms with Gasteiger partial charge >= 0.3 is 0 Å². The van der Waals surface area contributed by atoms with Crippen LogP contribution in [0.1, 0.15) is 30.9 Å². The molecule has 4 rings (SSSR count). The largest absolute Gasteiger partial charge is 0.351 e. The minimum absolute atomic E-state index is 0.209. The first-order valence-electron chi connectivity index (χ1n) is 8.14. The number of carbonyl (C=O) groups excluding carboxylic acids is 2. The van der Waals surface area contributed by atoms with E-state index in [-0.39, 0.29) is 11.8 Å². The van der Waals surface area contributed by atoms with Gasteiger partial charge in [0.05, 0.1) is 5.69 Å². The van der Waals surface area contributed by atoms with Gasteiger partial charge in [0.25, 0.3) is 11.8 Å². The summed E-state index contributed by atoms with van der Waals surface area (Å²) in [4.78, 5) is 32.8. The second kappa shape index (κ2) is 7.06. The fourth-order valence-corrected chi connectivity index (χ4v) is 3.94. The zero-order valence-corrected chi connectivity index (χ0v) is 15.3.